The van der Waals surface area contributed by atoms with Crippen LogP contribution >= 0.6 is 0 Å². The zero-order chi connectivity index (χ0) is 11.7. The van der Waals surface area contributed by atoms with Crippen molar-refractivity contribution in [3.8, 4) is 0 Å². The minimum Gasteiger partial charge on any atom is -0.288 e. The van der Waals surface area contributed by atoms with E-state index in [1.54, 1.807) is 11.5 Å². The monoisotopic (exact) mass is 216 g/mol. The molecule has 1 amide bonds. The number of nitrogens with zero attached hydrogens (tertiary/aromatic N) is 1. The van der Waals surface area contributed by atoms with Gasteiger partial charge in [0.2, 0.25) is 0 Å². The molecule has 0 aliphatic carbocycles. The lowest BCUT2D eigenvalue weighted by Gasteiger charge is -2.06. The summed E-state index contributed by atoms with van der Waals surface area (Å²) in [5.74, 6) is -0.535. The van der Waals surface area contributed by atoms with E-state index in [0.717, 1.165) is 16.6 Å². The van der Waals surface area contributed by atoms with Crippen LogP contribution in [0.25, 0.3) is 10.9 Å². The van der Waals surface area contributed by atoms with E-state index in [9.17, 15) is 4.79 Å². The van der Waals surface area contributed by atoms with Crippen molar-refractivity contribution in [2.24, 2.45) is 0 Å². The average molecular weight is 216 g/mol. The molecule has 82 valence electrons. The zero-order valence-electron chi connectivity index (χ0n) is 9.11. The first kappa shape index (κ1) is 10.6. The number of benzene rings is 1. The van der Waals surface area contributed by atoms with Gasteiger partial charge >= 0.3 is 0 Å². The van der Waals surface area contributed by atoms with Gasteiger partial charge in [-0.3, -0.25) is 15.0 Å². The van der Waals surface area contributed by atoms with Crippen molar-refractivity contribution in [3.05, 3.63) is 41.1 Å². The predicted octanol–water partition coefficient (Wildman–Crippen LogP) is 1.97. The van der Waals surface area contributed by atoms with Crippen molar-refractivity contribution in [1.29, 1.82) is 0 Å². The Morgan fingerprint density at radius 3 is 2.75 bits per heavy atom. The van der Waals surface area contributed by atoms with Crippen LogP contribution in [0.4, 0.5) is 0 Å². The van der Waals surface area contributed by atoms with Crippen LogP contribution in [-0.4, -0.2) is 16.1 Å². The maximum Gasteiger partial charge on any atom is 0.276 e. The first-order chi connectivity index (χ1) is 7.61. The van der Waals surface area contributed by atoms with Gasteiger partial charge in [-0.25, -0.2) is 5.48 Å². The molecule has 4 nitrogen and oxygen atoms in total. The molecule has 1 heterocycles. The Bertz CT molecular complexity index is 564. The summed E-state index contributed by atoms with van der Waals surface area (Å²) in [5.41, 5.74) is 4.43. The van der Waals surface area contributed by atoms with Crippen LogP contribution in [0.5, 0.6) is 0 Å². The van der Waals surface area contributed by atoms with E-state index in [4.69, 9.17) is 5.21 Å². The number of pyridine rings is 1. The molecule has 0 radical (unpaired) electrons. The molecule has 0 aliphatic heterocycles. The third kappa shape index (κ3) is 1.75. The summed E-state index contributed by atoms with van der Waals surface area (Å²) in [7, 11) is 0. The third-order valence-electron chi connectivity index (χ3n) is 2.42. The molecule has 0 bridgehead atoms. The van der Waals surface area contributed by atoms with Crippen LogP contribution < -0.4 is 5.48 Å². The Labute approximate surface area is 92.9 Å². The van der Waals surface area contributed by atoms with Gasteiger partial charge in [-0.2, -0.15) is 0 Å². The van der Waals surface area contributed by atoms with Crippen molar-refractivity contribution in [1.82, 2.24) is 10.5 Å². The fraction of sp³-hybridized carbons (Fsp3) is 0.167. The van der Waals surface area contributed by atoms with Gasteiger partial charge in [-0.05, 0) is 37.6 Å². The number of carbonyl (C=O) groups is 1. The first-order valence-electron chi connectivity index (χ1n) is 4.94. The van der Waals surface area contributed by atoms with Crippen LogP contribution in [0.15, 0.2) is 24.3 Å². The van der Waals surface area contributed by atoms with Crippen molar-refractivity contribution >= 4 is 16.8 Å². The number of fused-ring (bicyclic) bond motifs is 1. The number of carbonyl (C=O) groups excluding carboxylic acids is 1. The molecule has 0 atom stereocenters. The van der Waals surface area contributed by atoms with E-state index in [2.05, 4.69) is 4.98 Å². The van der Waals surface area contributed by atoms with Crippen molar-refractivity contribution in [2.75, 3.05) is 0 Å². The molecule has 4 heteroatoms. The van der Waals surface area contributed by atoms with Crippen LogP contribution in [0.2, 0.25) is 0 Å². The maximum absolute atomic E-state index is 11.5. The molecular formula is C12H12N2O2. The maximum atomic E-state index is 11.5. The molecule has 0 saturated carbocycles. The third-order valence-corrected chi connectivity index (χ3v) is 2.42. The number of aryl methyl sites for hydroxylation is 2. The van der Waals surface area contributed by atoms with Gasteiger partial charge in [0.1, 0.15) is 0 Å². The Hall–Kier alpha value is -1.94. The van der Waals surface area contributed by atoms with E-state index < -0.39 is 5.91 Å². The lowest BCUT2D eigenvalue weighted by atomic mass is 10.0. The van der Waals surface area contributed by atoms with E-state index in [1.807, 2.05) is 32.0 Å². The SMILES string of the molecule is Cc1cc(C(=O)NO)c2nc(C)ccc2c1. The van der Waals surface area contributed by atoms with Crippen molar-refractivity contribution in [3.63, 3.8) is 0 Å². The smallest absolute Gasteiger partial charge is 0.276 e. The summed E-state index contributed by atoms with van der Waals surface area (Å²) in [4.78, 5) is 15.8. The number of hydrogen-bond donors (Lipinski definition) is 2. The molecule has 1 aromatic carbocycles. The molecule has 2 aromatic rings. The summed E-state index contributed by atoms with van der Waals surface area (Å²) in [6.07, 6.45) is 0. The Morgan fingerprint density at radius 2 is 2.06 bits per heavy atom. The summed E-state index contributed by atoms with van der Waals surface area (Å²) in [6.45, 7) is 3.76. The van der Waals surface area contributed by atoms with Crippen LogP contribution in [0, 0.1) is 13.8 Å². The zero-order valence-corrected chi connectivity index (χ0v) is 9.11. The lowest BCUT2D eigenvalue weighted by Crippen LogP contribution is -2.19. The highest BCUT2D eigenvalue weighted by Crippen LogP contribution is 2.19. The van der Waals surface area contributed by atoms with Gasteiger partial charge in [0, 0.05) is 11.1 Å². The molecule has 2 rings (SSSR count). The second-order valence-corrected chi connectivity index (χ2v) is 3.78. The Kier molecular flexibility index (Phi) is 2.58. The second kappa shape index (κ2) is 3.90. The highest BCUT2D eigenvalue weighted by Gasteiger charge is 2.11. The molecule has 0 fully saturated rings. The standard InChI is InChI=1S/C12H12N2O2/c1-7-5-9-4-3-8(2)13-11(9)10(6-7)12(15)14-16/h3-6,16H,1-2H3,(H,14,15). The molecule has 1 aromatic heterocycles. The molecule has 0 saturated heterocycles. The van der Waals surface area contributed by atoms with Crippen LogP contribution in [-0.2, 0) is 0 Å². The fourth-order valence-electron chi connectivity index (χ4n) is 1.72. The first-order valence-corrected chi connectivity index (χ1v) is 4.94. The molecule has 0 aliphatic rings. The van der Waals surface area contributed by atoms with Crippen LogP contribution in [0.1, 0.15) is 21.6 Å². The number of nitrogens with one attached hydrogen (secondary N) is 1. The highest BCUT2D eigenvalue weighted by atomic mass is 16.5. The minimum absolute atomic E-state index is 0.390. The normalized spacial score (nSPS) is 10.4. The second-order valence-electron chi connectivity index (χ2n) is 3.78. The number of amides is 1. The van der Waals surface area contributed by atoms with Gasteiger partial charge in [0.05, 0.1) is 11.1 Å². The van der Waals surface area contributed by atoms with E-state index in [-0.39, 0.29) is 0 Å². The predicted molar refractivity (Wildman–Crippen MR) is 60.5 cm³/mol. The van der Waals surface area contributed by atoms with Gasteiger partial charge < -0.3 is 0 Å². The number of hydrogen-bond acceptors (Lipinski definition) is 3. The van der Waals surface area contributed by atoms with Crippen LogP contribution in [0.3, 0.4) is 0 Å². The lowest BCUT2D eigenvalue weighted by molar-refractivity contribution is 0.0708. The summed E-state index contributed by atoms with van der Waals surface area (Å²) < 4.78 is 0. The van der Waals surface area contributed by atoms with E-state index in [1.165, 1.54) is 0 Å². The summed E-state index contributed by atoms with van der Waals surface area (Å²) in [5, 5.41) is 9.57. The van der Waals surface area contributed by atoms with Gasteiger partial charge in [0.15, 0.2) is 0 Å². The Morgan fingerprint density at radius 1 is 1.31 bits per heavy atom. The quantitative estimate of drug-likeness (QED) is 0.566. The van der Waals surface area contributed by atoms with Crippen molar-refractivity contribution < 1.29 is 10.0 Å². The fourth-order valence-corrected chi connectivity index (χ4v) is 1.72. The topological polar surface area (TPSA) is 62.2 Å². The summed E-state index contributed by atoms with van der Waals surface area (Å²) in [6, 6.07) is 7.47. The average Bonchev–Trinajstić information content (AvgIpc) is 2.27. The van der Waals surface area contributed by atoms with Gasteiger partial charge in [0.25, 0.3) is 5.91 Å². The molecule has 0 unspecified atom stereocenters. The molecular weight excluding hydrogens is 204 g/mol. The van der Waals surface area contributed by atoms with Crippen molar-refractivity contribution in [2.45, 2.75) is 13.8 Å². The molecule has 2 N–H and O–H groups in total. The van der Waals surface area contributed by atoms with Gasteiger partial charge in [-0.15, -0.1) is 0 Å². The number of hydroxylamine groups is 1. The number of aromatic nitrogens is 1. The van der Waals surface area contributed by atoms with E-state index >= 15 is 0 Å². The molecule has 0 spiro atoms. The molecule has 16 heavy (non-hydrogen) atoms. The minimum atomic E-state index is -0.535. The highest BCUT2D eigenvalue weighted by molar-refractivity contribution is 6.05. The number of rotatable bonds is 1. The summed E-state index contributed by atoms with van der Waals surface area (Å²) >= 11 is 0. The van der Waals surface area contributed by atoms with E-state index in [0.29, 0.717) is 11.1 Å². The largest absolute Gasteiger partial charge is 0.288 e. The Balaban J connectivity index is 2.79. The van der Waals surface area contributed by atoms with Gasteiger partial charge in [-0.1, -0.05) is 6.07 Å².